The van der Waals surface area contributed by atoms with Crippen LogP contribution in [-0.4, -0.2) is 23.0 Å². The Hall–Kier alpha value is -1.72. The molecule has 1 heterocycles. The van der Waals surface area contributed by atoms with E-state index in [1.54, 1.807) is 4.90 Å². The number of hydrogen-bond acceptors (Lipinski definition) is 1. The van der Waals surface area contributed by atoms with Crippen molar-refractivity contribution in [1.29, 1.82) is 0 Å². The van der Waals surface area contributed by atoms with Crippen LogP contribution in [0.5, 0.6) is 0 Å². The molecular formula is C15H17F3N2O. The van der Waals surface area contributed by atoms with E-state index < -0.39 is 11.7 Å². The third-order valence-electron chi connectivity index (χ3n) is 4.41. The number of hydrogen-bond donors (Lipinski definition) is 1. The van der Waals surface area contributed by atoms with Crippen molar-refractivity contribution in [2.75, 3.05) is 11.9 Å². The summed E-state index contributed by atoms with van der Waals surface area (Å²) in [5, 5.41) is 2.67. The molecule has 0 aromatic heterocycles. The maximum Gasteiger partial charge on any atom is 0.416 e. The lowest BCUT2D eigenvalue weighted by Crippen LogP contribution is -2.29. The van der Waals surface area contributed by atoms with Gasteiger partial charge in [0.2, 0.25) is 0 Å². The molecule has 0 radical (unpaired) electrons. The van der Waals surface area contributed by atoms with E-state index in [-0.39, 0.29) is 11.6 Å². The first kappa shape index (κ1) is 14.2. The summed E-state index contributed by atoms with van der Waals surface area (Å²) in [5.74, 6) is 0. The van der Waals surface area contributed by atoms with Gasteiger partial charge in [0, 0.05) is 12.2 Å². The van der Waals surface area contributed by atoms with E-state index in [1.807, 2.05) is 0 Å². The highest BCUT2D eigenvalue weighted by atomic mass is 19.4. The van der Waals surface area contributed by atoms with Crippen LogP contribution in [0.25, 0.3) is 0 Å². The molecule has 3 nitrogen and oxygen atoms in total. The molecule has 1 aromatic rings. The van der Waals surface area contributed by atoms with E-state index in [0.29, 0.717) is 5.69 Å². The summed E-state index contributed by atoms with van der Waals surface area (Å²) in [5.41, 5.74) is -0.296. The van der Waals surface area contributed by atoms with E-state index in [9.17, 15) is 18.0 Å². The van der Waals surface area contributed by atoms with Gasteiger partial charge >= 0.3 is 12.2 Å². The van der Waals surface area contributed by atoms with Gasteiger partial charge in [-0.15, -0.1) is 0 Å². The largest absolute Gasteiger partial charge is 0.416 e. The van der Waals surface area contributed by atoms with Crippen molar-refractivity contribution in [2.45, 2.75) is 43.8 Å². The first-order valence-corrected chi connectivity index (χ1v) is 7.17. The smallest absolute Gasteiger partial charge is 0.315 e. The molecule has 1 spiro atoms. The molecule has 0 bridgehead atoms. The van der Waals surface area contributed by atoms with Gasteiger partial charge in [-0.1, -0.05) is 19.3 Å². The number of nitrogens with zero attached hydrogens (tertiary/aromatic N) is 1. The SMILES string of the molecule is O=C(Nc1ccc(C(F)(F)F)cc1)N1CC12CCCCC2. The quantitative estimate of drug-likeness (QED) is 0.772. The second-order valence-corrected chi connectivity index (χ2v) is 5.88. The van der Waals surface area contributed by atoms with Gasteiger partial charge in [-0.2, -0.15) is 13.2 Å². The van der Waals surface area contributed by atoms with Crippen LogP contribution in [-0.2, 0) is 6.18 Å². The number of rotatable bonds is 1. The fraction of sp³-hybridized carbons (Fsp3) is 0.533. The van der Waals surface area contributed by atoms with E-state index in [4.69, 9.17) is 0 Å². The number of carbonyl (C=O) groups is 1. The van der Waals surface area contributed by atoms with E-state index in [2.05, 4.69) is 5.32 Å². The number of halogens is 3. The van der Waals surface area contributed by atoms with Crippen molar-refractivity contribution >= 4 is 11.7 Å². The van der Waals surface area contributed by atoms with Gasteiger partial charge < -0.3 is 10.2 Å². The number of anilines is 1. The first-order valence-electron chi connectivity index (χ1n) is 7.17. The van der Waals surface area contributed by atoms with Crippen LogP contribution in [0.1, 0.15) is 37.7 Å². The molecule has 1 saturated carbocycles. The van der Waals surface area contributed by atoms with Crippen LogP contribution in [0.3, 0.4) is 0 Å². The second-order valence-electron chi connectivity index (χ2n) is 5.88. The molecule has 1 aliphatic carbocycles. The zero-order valence-electron chi connectivity index (χ0n) is 11.5. The van der Waals surface area contributed by atoms with Crippen molar-refractivity contribution in [3.05, 3.63) is 29.8 Å². The zero-order chi connectivity index (χ0) is 15.1. The Bertz CT molecular complexity index is 533. The van der Waals surface area contributed by atoms with Gasteiger partial charge in [-0.25, -0.2) is 4.79 Å². The maximum atomic E-state index is 12.5. The number of benzene rings is 1. The van der Waals surface area contributed by atoms with Crippen molar-refractivity contribution in [3.8, 4) is 0 Å². The Kier molecular flexibility index (Phi) is 3.34. The van der Waals surface area contributed by atoms with Crippen molar-refractivity contribution < 1.29 is 18.0 Å². The predicted octanol–water partition coefficient (Wildman–Crippen LogP) is 4.26. The predicted molar refractivity (Wildman–Crippen MR) is 73.0 cm³/mol. The van der Waals surface area contributed by atoms with Crippen LogP contribution in [0.4, 0.5) is 23.7 Å². The molecule has 0 unspecified atom stereocenters. The van der Waals surface area contributed by atoms with E-state index in [1.165, 1.54) is 18.6 Å². The first-order chi connectivity index (χ1) is 9.91. The molecule has 1 saturated heterocycles. The number of carbonyl (C=O) groups excluding carboxylic acids is 1. The molecular weight excluding hydrogens is 281 g/mol. The fourth-order valence-electron chi connectivity index (χ4n) is 3.12. The Morgan fingerprint density at radius 3 is 2.29 bits per heavy atom. The lowest BCUT2D eigenvalue weighted by Gasteiger charge is -2.22. The molecule has 6 heteroatoms. The molecule has 114 valence electrons. The highest BCUT2D eigenvalue weighted by molar-refractivity contribution is 5.91. The van der Waals surface area contributed by atoms with Crippen LogP contribution in [0.2, 0.25) is 0 Å². The minimum atomic E-state index is -4.35. The van der Waals surface area contributed by atoms with Crippen molar-refractivity contribution in [2.24, 2.45) is 0 Å². The van der Waals surface area contributed by atoms with Crippen LogP contribution >= 0.6 is 0 Å². The van der Waals surface area contributed by atoms with E-state index in [0.717, 1.165) is 44.4 Å². The van der Waals surface area contributed by atoms with Gasteiger partial charge in [0.25, 0.3) is 0 Å². The lowest BCUT2D eigenvalue weighted by atomic mass is 9.89. The highest BCUT2D eigenvalue weighted by Crippen LogP contribution is 2.45. The lowest BCUT2D eigenvalue weighted by molar-refractivity contribution is -0.137. The second kappa shape index (κ2) is 4.93. The Balaban J connectivity index is 1.61. The number of amides is 2. The zero-order valence-corrected chi connectivity index (χ0v) is 11.5. The molecule has 3 rings (SSSR count). The maximum absolute atomic E-state index is 12.5. The number of nitrogens with one attached hydrogen (secondary N) is 1. The third kappa shape index (κ3) is 2.84. The molecule has 2 amide bonds. The van der Waals surface area contributed by atoms with Crippen molar-refractivity contribution in [3.63, 3.8) is 0 Å². The minimum absolute atomic E-state index is 0.0221. The standard InChI is InChI=1S/C15H17F3N2O/c16-15(17,18)11-4-6-12(7-5-11)19-13(21)20-10-14(20)8-2-1-3-9-14/h4-7H,1-3,8-10H2,(H,19,21). The topological polar surface area (TPSA) is 32.1 Å². The molecule has 1 aromatic carbocycles. The third-order valence-corrected chi connectivity index (χ3v) is 4.41. The summed E-state index contributed by atoms with van der Waals surface area (Å²) in [7, 11) is 0. The monoisotopic (exact) mass is 298 g/mol. The molecule has 21 heavy (non-hydrogen) atoms. The van der Waals surface area contributed by atoms with Crippen LogP contribution < -0.4 is 5.32 Å². The summed E-state index contributed by atoms with van der Waals surface area (Å²) in [6.07, 6.45) is 1.22. The summed E-state index contributed by atoms with van der Waals surface area (Å²) in [6.45, 7) is 0.763. The molecule has 2 fully saturated rings. The van der Waals surface area contributed by atoms with Gasteiger partial charge in [-0.05, 0) is 37.1 Å². The van der Waals surface area contributed by atoms with Crippen molar-refractivity contribution in [1.82, 2.24) is 4.90 Å². The van der Waals surface area contributed by atoms with Gasteiger partial charge in [0.1, 0.15) is 0 Å². The average molecular weight is 298 g/mol. The Labute approximate surface area is 121 Å². The summed E-state index contributed by atoms with van der Waals surface area (Å²) in [4.78, 5) is 13.9. The van der Waals surface area contributed by atoms with Crippen LogP contribution in [0.15, 0.2) is 24.3 Å². The molecule has 0 atom stereocenters. The van der Waals surface area contributed by atoms with Gasteiger partial charge in [0.15, 0.2) is 0 Å². The average Bonchev–Trinajstić information content (AvgIpc) is 3.13. The van der Waals surface area contributed by atoms with Crippen LogP contribution in [0, 0.1) is 0 Å². The minimum Gasteiger partial charge on any atom is -0.315 e. The fourth-order valence-corrected chi connectivity index (χ4v) is 3.12. The van der Waals surface area contributed by atoms with E-state index >= 15 is 0 Å². The Morgan fingerprint density at radius 2 is 1.71 bits per heavy atom. The summed E-state index contributed by atoms with van der Waals surface area (Å²) < 4.78 is 37.4. The normalized spacial score (nSPS) is 20.4. The number of urea groups is 1. The van der Waals surface area contributed by atoms with Gasteiger partial charge in [0.05, 0.1) is 11.1 Å². The summed E-state index contributed by atoms with van der Waals surface area (Å²) in [6, 6.07) is 4.33. The highest BCUT2D eigenvalue weighted by Gasteiger charge is 2.54. The molecule has 1 N–H and O–H groups in total. The summed E-state index contributed by atoms with van der Waals surface area (Å²) >= 11 is 0. The number of alkyl halides is 3. The molecule has 2 aliphatic rings. The molecule has 1 aliphatic heterocycles. The van der Waals surface area contributed by atoms with Gasteiger partial charge in [-0.3, -0.25) is 0 Å². The Morgan fingerprint density at radius 1 is 1.10 bits per heavy atom.